The first-order valence-corrected chi connectivity index (χ1v) is 8.95. The molecule has 0 aliphatic carbocycles. The number of hydrogen-bond donors (Lipinski definition) is 1. The van der Waals surface area contributed by atoms with E-state index in [4.69, 9.17) is 11.6 Å². The van der Waals surface area contributed by atoms with Gasteiger partial charge in [-0.05, 0) is 30.5 Å². The van der Waals surface area contributed by atoms with Gasteiger partial charge >= 0.3 is 0 Å². The first kappa shape index (κ1) is 16.3. The molecule has 21 heavy (non-hydrogen) atoms. The van der Waals surface area contributed by atoms with E-state index in [1.54, 1.807) is 18.2 Å². The maximum Gasteiger partial charge on any atom is 0.224 e. The molecule has 2 rings (SSSR count). The molecule has 1 saturated heterocycles. The number of amides is 1. The summed E-state index contributed by atoms with van der Waals surface area (Å²) in [7, 11) is -3.12. The smallest absolute Gasteiger partial charge is 0.224 e. The molecular weight excluding hydrogens is 312 g/mol. The molecule has 116 valence electrons. The Morgan fingerprint density at radius 3 is 2.86 bits per heavy atom. The standard InChI is InChI=1S/C14H19ClN2O3S/c15-13-5-3-4-12(10-13)11-14(18)16-6-8-17-7-1-2-9-21(17,19)20/h3-5,10H,1-2,6-9,11H2,(H,16,18). The van der Waals surface area contributed by atoms with E-state index in [1.165, 1.54) is 4.31 Å². The first-order valence-electron chi connectivity index (χ1n) is 6.96. The number of nitrogens with one attached hydrogen (secondary N) is 1. The predicted molar refractivity (Wildman–Crippen MR) is 82.8 cm³/mol. The lowest BCUT2D eigenvalue weighted by atomic mass is 10.1. The predicted octanol–water partition coefficient (Wildman–Crippen LogP) is 1.42. The summed E-state index contributed by atoms with van der Waals surface area (Å²) in [4.78, 5) is 11.8. The Morgan fingerprint density at radius 2 is 2.14 bits per heavy atom. The summed E-state index contributed by atoms with van der Waals surface area (Å²) in [6, 6.07) is 7.13. The normalized spacial score (nSPS) is 18.3. The number of halogens is 1. The van der Waals surface area contributed by atoms with Gasteiger partial charge in [-0.3, -0.25) is 4.79 Å². The number of nitrogens with zero attached hydrogens (tertiary/aromatic N) is 1. The van der Waals surface area contributed by atoms with E-state index in [0.717, 1.165) is 18.4 Å². The number of rotatable bonds is 5. The largest absolute Gasteiger partial charge is 0.354 e. The van der Waals surface area contributed by atoms with Crippen LogP contribution in [0.15, 0.2) is 24.3 Å². The van der Waals surface area contributed by atoms with Crippen LogP contribution < -0.4 is 5.32 Å². The number of sulfonamides is 1. The maximum absolute atomic E-state index is 11.8. The average molecular weight is 331 g/mol. The number of carbonyl (C=O) groups excluding carboxylic acids is 1. The zero-order valence-electron chi connectivity index (χ0n) is 11.7. The van der Waals surface area contributed by atoms with E-state index in [1.807, 2.05) is 6.07 Å². The van der Waals surface area contributed by atoms with E-state index >= 15 is 0 Å². The fourth-order valence-electron chi connectivity index (χ4n) is 2.31. The highest BCUT2D eigenvalue weighted by molar-refractivity contribution is 7.89. The molecule has 1 aliphatic heterocycles. The Balaban J connectivity index is 1.77. The molecule has 1 amide bonds. The van der Waals surface area contributed by atoms with Gasteiger partial charge in [-0.1, -0.05) is 23.7 Å². The van der Waals surface area contributed by atoms with Crippen molar-refractivity contribution in [1.82, 2.24) is 9.62 Å². The summed E-state index contributed by atoms with van der Waals surface area (Å²) >= 11 is 5.86. The van der Waals surface area contributed by atoms with Crippen molar-refractivity contribution in [1.29, 1.82) is 0 Å². The summed E-state index contributed by atoms with van der Waals surface area (Å²) in [5.41, 5.74) is 0.839. The molecule has 1 aliphatic rings. The molecule has 5 nitrogen and oxygen atoms in total. The number of benzene rings is 1. The quantitative estimate of drug-likeness (QED) is 0.888. The van der Waals surface area contributed by atoms with Gasteiger partial charge in [0.2, 0.25) is 15.9 Å². The Kier molecular flexibility index (Phi) is 5.61. The van der Waals surface area contributed by atoms with E-state index < -0.39 is 10.0 Å². The highest BCUT2D eigenvalue weighted by Crippen LogP contribution is 2.13. The molecule has 0 atom stereocenters. The third-order valence-electron chi connectivity index (χ3n) is 3.39. The van der Waals surface area contributed by atoms with E-state index in [2.05, 4.69) is 5.32 Å². The van der Waals surface area contributed by atoms with Crippen molar-refractivity contribution >= 4 is 27.5 Å². The van der Waals surface area contributed by atoms with Crippen LogP contribution in [0.4, 0.5) is 0 Å². The average Bonchev–Trinajstić information content (AvgIpc) is 2.40. The summed E-state index contributed by atoms with van der Waals surface area (Å²) in [6.45, 7) is 1.22. The van der Waals surface area contributed by atoms with Crippen molar-refractivity contribution in [3.63, 3.8) is 0 Å². The Morgan fingerprint density at radius 1 is 1.33 bits per heavy atom. The molecule has 0 saturated carbocycles. The summed E-state index contributed by atoms with van der Waals surface area (Å²) in [6.07, 6.45) is 1.85. The van der Waals surface area contributed by atoms with Gasteiger partial charge < -0.3 is 5.32 Å². The Bertz CT molecular complexity index is 604. The number of hydrogen-bond acceptors (Lipinski definition) is 3. The van der Waals surface area contributed by atoms with Crippen LogP contribution in [0.2, 0.25) is 5.02 Å². The second-order valence-corrected chi connectivity index (χ2v) is 7.60. The van der Waals surface area contributed by atoms with Gasteiger partial charge in [-0.2, -0.15) is 0 Å². The summed E-state index contributed by atoms with van der Waals surface area (Å²) in [5, 5.41) is 3.34. The van der Waals surface area contributed by atoms with Gasteiger partial charge in [0.15, 0.2) is 0 Å². The van der Waals surface area contributed by atoms with Crippen molar-refractivity contribution in [2.24, 2.45) is 0 Å². The zero-order valence-corrected chi connectivity index (χ0v) is 13.3. The SMILES string of the molecule is O=C(Cc1cccc(Cl)c1)NCCN1CCCCS1(=O)=O. The second-order valence-electron chi connectivity index (χ2n) is 5.08. The Hall–Kier alpha value is -1.11. The molecule has 0 radical (unpaired) electrons. The molecule has 1 heterocycles. The van der Waals surface area contributed by atoms with Crippen molar-refractivity contribution in [3.8, 4) is 0 Å². The lowest BCUT2D eigenvalue weighted by Crippen LogP contribution is -2.42. The van der Waals surface area contributed by atoms with Crippen molar-refractivity contribution < 1.29 is 13.2 Å². The zero-order chi connectivity index (χ0) is 15.3. The minimum atomic E-state index is -3.12. The fraction of sp³-hybridized carbons (Fsp3) is 0.500. The highest BCUT2D eigenvalue weighted by atomic mass is 35.5. The fourth-order valence-corrected chi connectivity index (χ4v) is 4.12. The molecular formula is C14H19ClN2O3S. The summed E-state index contributed by atoms with van der Waals surface area (Å²) in [5.74, 6) is 0.0791. The molecule has 1 fully saturated rings. The van der Waals surface area contributed by atoms with Crippen molar-refractivity contribution in [2.75, 3.05) is 25.4 Å². The number of carbonyl (C=O) groups is 1. The molecule has 1 N–H and O–H groups in total. The van der Waals surface area contributed by atoms with Crippen LogP contribution >= 0.6 is 11.6 Å². The lowest BCUT2D eigenvalue weighted by molar-refractivity contribution is -0.120. The topological polar surface area (TPSA) is 66.5 Å². The van der Waals surface area contributed by atoms with Gasteiger partial charge in [0, 0.05) is 24.7 Å². The third-order valence-corrected chi connectivity index (χ3v) is 5.58. The van der Waals surface area contributed by atoms with Crippen molar-refractivity contribution in [3.05, 3.63) is 34.9 Å². The summed E-state index contributed by atoms with van der Waals surface area (Å²) < 4.78 is 25.0. The van der Waals surface area contributed by atoms with Crippen LogP contribution in [0, 0.1) is 0 Å². The van der Waals surface area contributed by atoms with Crippen LogP contribution in [0.25, 0.3) is 0 Å². The highest BCUT2D eigenvalue weighted by Gasteiger charge is 2.25. The van der Waals surface area contributed by atoms with E-state index in [9.17, 15) is 13.2 Å². The van der Waals surface area contributed by atoms with Crippen LogP contribution in [0.3, 0.4) is 0 Å². The van der Waals surface area contributed by atoms with Gasteiger partial charge in [0.1, 0.15) is 0 Å². The van der Waals surface area contributed by atoms with Gasteiger partial charge in [0.05, 0.1) is 12.2 Å². The van der Waals surface area contributed by atoms with Crippen LogP contribution in [-0.4, -0.2) is 44.0 Å². The first-order chi connectivity index (χ1) is 9.97. The Labute approximate surface area is 130 Å². The van der Waals surface area contributed by atoms with E-state index in [0.29, 0.717) is 24.7 Å². The maximum atomic E-state index is 11.8. The third kappa shape index (κ3) is 4.98. The molecule has 1 aromatic rings. The van der Waals surface area contributed by atoms with Crippen LogP contribution in [0.1, 0.15) is 18.4 Å². The second kappa shape index (κ2) is 7.24. The molecule has 0 bridgehead atoms. The minimum Gasteiger partial charge on any atom is -0.354 e. The van der Waals surface area contributed by atoms with Gasteiger partial charge in [-0.15, -0.1) is 0 Å². The molecule has 0 unspecified atom stereocenters. The molecule has 1 aromatic carbocycles. The van der Waals surface area contributed by atoms with Crippen molar-refractivity contribution in [2.45, 2.75) is 19.3 Å². The molecule has 7 heteroatoms. The van der Waals surface area contributed by atoms with Gasteiger partial charge in [0.25, 0.3) is 0 Å². The molecule has 0 aromatic heterocycles. The molecule has 0 spiro atoms. The van der Waals surface area contributed by atoms with Gasteiger partial charge in [-0.25, -0.2) is 12.7 Å². The monoisotopic (exact) mass is 330 g/mol. The minimum absolute atomic E-state index is 0.133. The lowest BCUT2D eigenvalue weighted by Gasteiger charge is -2.26. The van der Waals surface area contributed by atoms with Crippen LogP contribution in [0.5, 0.6) is 0 Å². The van der Waals surface area contributed by atoms with E-state index in [-0.39, 0.29) is 18.1 Å². The van der Waals surface area contributed by atoms with Crippen LogP contribution in [-0.2, 0) is 21.2 Å².